The first-order chi connectivity index (χ1) is 9.19. The molecule has 0 aromatic heterocycles. The molecule has 0 aliphatic carbocycles. The Kier molecular flexibility index (Phi) is 5.19. The third-order valence-corrected chi connectivity index (χ3v) is 4.22. The Labute approximate surface area is 115 Å². The molecule has 2 unspecified atom stereocenters. The number of nitrogens with zero attached hydrogens (tertiary/aromatic N) is 1. The average molecular weight is 270 g/mol. The van der Waals surface area contributed by atoms with Gasteiger partial charge in [-0.1, -0.05) is 0 Å². The summed E-state index contributed by atoms with van der Waals surface area (Å²) in [6, 6.07) is 0.370. The topological polar surface area (TPSA) is 50.8 Å². The Balaban J connectivity index is 1.78. The summed E-state index contributed by atoms with van der Waals surface area (Å²) in [6.45, 7) is 8.29. The first kappa shape index (κ1) is 14.8. The van der Waals surface area contributed by atoms with Crippen LogP contribution in [0.4, 0.5) is 0 Å². The Hall–Kier alpha value is -0.650. The number of amides is 1. The lowest BCUT2D eigenvalue weighted by Crippen LogP contribution is -2.50. The number of carbonyl (C=O) groups is 1. The van der Waals surface area contributed by atoms with Gasteiger partial charge in [-0.25, -0.2) is 0 Å². The molecule has 2 rings (SSSR count). The normalized spacial score (nSPS) is 30.7. The second kappa shape index (κ2) is 6.68. The zero-order valence-corrected chi connectivity index (χ0v) is 12.1. The van der Waals surface area contributed by atoms with Gasteiger partial charge in [0.2, 0.25) is 5.91 Å². The summed E-state index contributed by atoms with van der Waals surface area (Å²) in [4.78, 5) is 13.8. The highest BCUT2D eigenvalue weighted by Crippen LogP contribution is 2.32. The van der Waals surface area contributed by atoms with E-state index in [4.69, 9.17) is 9.47 Å². The Bertz CT molecular complexity index is 299. The molecule has 2 aliphatic rings. The van der Waals surface area contributed by atoms with Crippen LogP contribution in [-0.4, -0.2) is 61.9 Å². The molecule has 0 aromatic rings. The molecule has 1 spiro atoms. The molecular weight excluding hydrogens is 244 g/mol. The van der Waals surface area contributed by atoms with Gasteiger partial charge in [-0.3, -0.25) is 4.79 Å². The summed E-state index contributed by atoms with van der Waals surface area (Å²) in [6.07, 6.45) is 2.92. The molecule has 2 aliphatic heterocycles. The lowest BCUT2D eigenvalue weighted by atomic mass is 9.90. The van der Waals surface area contributed by atoms with E-state index in [9.17, 15) is 4.79 Å². The van der Waals surface area contributed by atoms with E-state index in [-0.39, 0.29) is 11.5 Å². The van der Waals surface area contributed by atoms with E-state index in [1.54, 1.807) is 0 Å². The number of hydrogen-bond acceptors (Lipinski definition) is 4. The standard InChI is InChI=1S/C14H26N2O3/c1-3-16(4-2)13(17)10-15-12-5-7-19-14(9-12)6-8-18-11-14/h12,15H,3-11H2,1-2H3. The van der Waals surface area contributed by atoms with Gasteiger partial charge in [0.15, 0.2) is 0 Å². The van der Waals surface area contributed by atoms with Crippen LogP contribution in [0.5, 0.6) is 0 Å². The molecule has 2 atom stereocenters. The maximum absolute atomic E-state index is 12.0. The van der Waals surface area contributed by atoms with Gasteiger partial charge in [-0.15, -0.1) is 0 Å². The van der Waals surface area contributed by atoms with E-state index < -0.39 is 0 Å². The fourth-order valence-corrected chi connectivity index (χ4v) is 2.99. The lowest BCUT2D eigenvalue weighted by Gasteiger charge is -2.37. The number of ether oxygens (including phenoxy) is 2. The summed E-state index contributed by atoms with van der Waals surface area (Å²) in [5, 5.41) is 3.39. The van der Waals surface area contributed by atoms with E-state index in [1.807, 2.05) is 18.7 Å². The summed E-state index contributed by atoms with van der Waals surface area (Å²) >= 11 is 0. The Morgan fingerprint density at radius 3 is 2.79 bits per heavy atom. The fraction of sp³-hybridized carbons (Fsp3) is 0.929. The van der Waals surface area contributed by atoms with E-state index >= 15 is 0 Å². The van der Waals surface area contributed by atoms with Crippen molar-refractivity contribution in [2.75, 3.05) is 39.5 Å². The fourth-order valence-electron chi connectivity index (χ4n) is 2.99. The maximum Gasteiger partial charge on any atom is 0.236 e. The van der Waals surface area contributed by atoms with Crippen LogP contribution < -0.4 is 5.32 Å². The van der Waals surface area contributed by atoms with E-state index in [2.05, 4.69) is 5.32 Å². The molecule has 19 heavy (non-hydrogen) atoms. The van der Waals surface area contributed by atoms with E-state index in [0.717, 1.165) is 45.6 Å². The van der Waals surface area contributed by atoms with Crippen molar-refractivity contribution in [3.63, 3.8) is 0 Å². The van der Waals surface area contributed by atoms with Crippen molar-refractivity contribution in [2.45, 2.75) is 44.8 Å². The number of rotatable bonds is 5. The van der Waals surface area contributed by atoms with Crippen molar-refractivity contribution < 1.29 is 14.3 Å². The van der Waals surface area contributed by atoms with Crippen LogP contribution in [0.25, 0.3) is 0 Å². The summed E-state index contributed by atoms with van der Waals surface area (Å²) in [7, 11) is 0. The first-order valence-electron chi connectivity index (χ1n) is 7.42. The highest BCUT2D eigenvalue weighted by Gasteiger charge is 2.40. The van der Waals surface area contributed by atoms with Crippen molar-refractivity contribution >= 4 is 5.91 Å². The lowest BCUT2D eigenvalue weighted by molar-refractivity contribution is -0.130. The van der Waals surface area contributed by atoms with Crippen LogP contribution in [-0.2, 0) is 14.3 Å². The van der Waals surface area contributed by atoms with E-state index in [1.165, 1.54) is 0 Å². The highest BCUT2D eigenvalue weighted by molar-refractivity contribution is 5.78. The average Bonchev–Trinajstić information content (AvgIpc) is 2.86. The van der Waals surface area contributed by atoms with Gasteiger partial charge in [-0.2, -0.15) is 0 Å². The summed E-state index contributed by atoms with van der Waals surface area (Å²) in [5.74, 6) is 0.188. The molecule has 5 nitrogen and oxygen atoms in total. The Morgan fingerprint density at radius 2 is 2.16 bits per heavy atom. The quantitative estimate of drug-likeness (QED) is 0.802. The van der Waals surface area contributed by atoms with Gasteiger partial charge in [0.1, 0.15) is 0 Å². The van der Waals surface area contributed by atoms with Crippen LogP contribution >= 0.6 is 0 Å². The van der Waals surface area contributed by atoms with Crippen molar-refractivity contribution in [1.82, 2.24) is 10.2 Å². The molecule has 1 N–H and O–H groups in total. The first-order valence-corrected chi connectivity index (χ1v) is 7.42. The molecule has 2 saturated heterocycles. The van der Waals surface area contributed by atoms with Crippen molar-refractivity contribution in [3.05, 3.63) is 0 Å². The third-order valence-electron chi connectivity index (χ3n) is 4.22. The second-order valence-electron chi connectivity index (χ2n) is 5.47. The van der Waals surface area contributed by atoms with Gasteiger partial charge in [0.25, 0.3) is 0 Å². The van der Waals surface area contributed by atoms with Gasteiger partial charge in [-0.05, 0) is 26.7 Å². The minimum absolute atomic E-state index is 0.0891. The van der Waals surface area contributed by atoms with Gasteiger partial charge in [0.05, 0.1) is 18.8 Å². The molecule has 0 aromatic carbocycles. The largest absolute Gasteiger partial charge is 0.378 e. The SMILES string of the molecule is CCN(CC)C(=O)CNC1CCOC2(CCOC2)C1. The van der Waals surface area contributed by atoms with Crippen LogP contribution in [0, 0.1) is 0 Å². The van der Waals surface area contributed by atoms with Crippen LogP contribution in [0.15, 0.2) is 0 Å². The second-order valence-corrected chi connectivity index (χ2v) is 5.47. The monoisotopic (exact) mass is 270 g/mol. The number of carbonyl (C=O) groups excluding carboxylic acids is 1. The van der Waals surface area contributed by atoms with Crippen LogP contribution in [0.2, 0.25) is 0 Å². The predicted octanol–water partition coefficient (Wildman–Crippen LogP) is 0.783. The number of likely N-dealkylation sites (N-methyl/N-ethyl adjacent to an activating group) is 1. The molecule has 0 radical (unpaired) electrons. The smallest absolute Gasteiger partial charge is 0.236 e. The van der Waals surface area contributed by atoms with Gasteiger partial charge >= 0.3 is 0 Å². The number of hydrogen-bond donors (Lipinski definition) is 1. The van der Waals surface area contributed by atoms with Crippen LogP contribution in [0.3, 0.4) is 0 Å². The molecule has 2 fully saturated rings. The summed E-state index contributed by atoms with van der Waals surface area (Å²) in [5.41, 5.74) is -0.0891. The summed E-state index contributed by atoms with van der Waals surface area (Å²) < 4.78 is 11.3. The highest BCUT2D eigenvalue weighted by atomic mass is 16.6. The zero-order valence-electron chi connectivity index (χ0n) is 12.1. The third kappa shape index (κ3) is 3.68. The molecule has 1 amide bonds. The van der Waals surface area contributed by atoms with Crippen molar-refractivity contribution in [1.29, 1.82) is 0 Å². The minimum atomic E-state index is -0.0891. The van der Waals surface area contributed by atoms with Crippen LogP contribution in [0.1, 0.15) is 33.1 Å². The maximum atomic E-state index is 12.0. The molecule has 110 valence electrons. The number of nitrogens with one attached hydrogen (secondary N) is 1. The van der Waals surface area contributed by atoms with E-state index in [0.29, 0.717) is 19.2 Å². The van der Waals surface area contributed by atoms with Gasteiger partial charge < -0.3 is 19.7 Å². The molecule has 5 heteroatoms. The molecule has 2 heterocycles. The molecule has 0 saturated carbocycles. The predicted molar refractivity (Wildman–Crippen MR) is 73.1 cm³/mol. The minimum Gasteiger partial charge on any atom is -0.378 e. The molecule has 0 bridgehead atoms. The zero-order chi connectivity index (χ0) is 13.7. The van der Waals surface area contributed by atoms with Gasteiger partial charge in [0, 0.05) is 38.8 Å². The molecular formula is C14H26N2O3. The van der Waals surface area contributed by atoms with Crippen molar-refractivity contribution in [2.24, 2.45) is 0 Å². The van der Waals surface area contributed by atoms with Crippen molar-refractivity contribution in [3.8, 4) is 0 Å². The Morgan fingerprint density at radius 1 is 1.37 bits per heavy atom.